The van der Waals surface area contributed by atoms with E-state index in [0.717, 1.165) is 0 Å². The van der Waals surface area contributed by atoms with Gasteiger partial charge in [-0.15, -0.1) is 0 Å². The minimum Gasteiger partial charge on any atom is -0.0616 e. The molecule has 29 heavy (non-hydrogen) atoms. The Bertz CT molecular complexity index is 1230. The normalized spacial score (nSPS) is 11.4. The van der Waals surface area contributed by atoms with E-state index in [2.05, 4.69) is 117 Å². The van der Waals surface area contributed by atoms with Crippen LogP contribution in [0, 0.1) is 0 Å². The third-order valence-corrected chi connectivity index (χ3v) is 5.79. The molecule has 0 aliphatic rings. The Morgan fingerprint density at radius 2 is 0.862 bits per heavy atom. The second-order valence-corrected chi connectivity index (χ2v) is 8.12. The van der Waals surface area contributed by atoms with Crippen LogP contribution in [-0.4, -0.2) is 0 Å². The molecule has 0 saturated carbocycles. The first-order valence-corrected chi connectivity index (χ1v) is 10.3. The summed E-state index contributed by atoms with van der Waals surface area (Å²) in [6, 6.07) is 37.7. The summed E-state index contributed by atoms with van der Waals surface area (Å²) in [5.41, 5.74) is 6.48. The third kappa shape index (κ3) is 3.43. The molecule has 140 valence electrons. The lowest BCUT2D eigenvalue weighted by Gasteiger charge is -2.14. The van der Waals surface area contributed by atoms with Gasteiger partial charge in [0.15, 0.2) is 0 Å². The van der Waals surface area contributed by atoms with Gasteiger partial charge in [0.1, 0.15) is 0 Å². The van der Waals surface area contributed by atoms with Gasteiger partial charge in [0.25, 0.3) is 0 Å². The number of fused-ring (bicyclic) bond motifs is 2. The van der Waals surface area contributed by atoms with Crippen LogP contribution in [0.5, 0.6) is 0 Å². The summed E-state index contributed by atoms with van der Waals surface area (Å²) in [6.45, 7) is 4.54. The van der Waals surface area contributed by atoms with Crippen molar-refractivity contribution in [3.05, 3.63) is 109 Å². The maximum absolute atomic E-state index is 2.35. The van der Waals surface area contributed by atoms with Gasteiger partial charge in [0.2, 0.25) is 0 Å². The van der Waals surface area contributed by atoms with Crippen molar-refractivity contribution in [2.45, 2.75) is 19.8 Å². The SMILES string of the molecule is CC(C)c1cc(-c2ccc3ccccc3c2)cc(-c2ccc3ccccc3c2)c1. The lowest BCUT2D eigenvalue weighted by Crippen LogP contribution is -1.91. The molecular weight excluding hydrogens is 348 g/mol. The first kappa shape index (κ1) is 17.7. The standard InChI is InChI=1S/C29H24/c1-20(2)27-17-28(25-13-11-21-7-3-5-9-23(21)15-25)19-29(18-27)26-14-12-22-8-4-6-10-24(22)16-26/h3-20H,1-2H3. The Kier molecular flexibility index (Phi) is 4.41. The lowest BCUT2D eigenvalue weighted by molar-refractivity contribution is 0.867. The molecule has 5 aromatic carbocycles. The average Bonchev–Trinajstić information content (AvgIpc) is 2.78. The van der Waals surface area contributed by atoms with E-state index in [9.17, 15) is 0 Å². The van der Waals surface area contributed by atoms with Crippen LogP contribution in [0.1, 0.15) is 25.3 Å². The monoisotopic (exact) mass is 372 g/mol. The fourth-order valence-electron chi connectivity index (χ4n) is 4.06. The number of rotatable bonds is 3. The van der Waals surface area contributed by atoms with E-state index in [0.29, 0.717) is 5.92 Å². The van der Waals surface area contributed by atoms with Crippen molar-refractivity contribution < 1.29 is 0 Å². The number of benzene rings is 5. The minimum absolute atomic E-state index is 0.481. The van der Waals surface area contributed by atoms with Crippen LogP contribution in [0.4, 0.5) is 0 Å². The molecule has 0 aliphatic heterocycles. The minimum atomic E-state index is 0.481. The Labute approximate surface area is 172 Å². The van der Waals surface area contributed by atoms with Crippen molar-refractivity contribution in [2.24, 2.45) is 0 Å². The van der Waals surface area contributed by atoms with Gasteiger partial charge in [-0.2, -0.15) is 0 Å². The second-order valence-electron chi connectivity index (χ2n) is 8.12. The molecule has 0 fully saturated rings. The van der Waals surface area contributed by atoms with E-state index in [-0.39, 0.29) is 0 Å². The van der Waals surface area contributed by atoms with Crippen LogP contribution in [0.25, 0.3) is 43.8 Å². The van der Waals surface area contributed by atoms with Gasteiger partial charge in [-0.25, -0.2) is 0 Å². The number of hydrogen-bond acceptors (Lipinski definition) is 0. The van der Waals surface area contributed by atoms with E-state index in [4.69, 9.17) is 0 Å². The zero-order valence-corrected chi connectivity index (χ0v) is 16.9. The molecule has 0 bridgehead atoms. The largest absolute Gasteiger partial charge is 0.0616 e. The topological polar surface area (TPSA) is 0 Å². The van der Waals surface area contributed by atoms with Gasteiger partial charge in [0.05, 0.1) is 0 Å². The fraction of sp³-hybridized carbons (Fsp3) is 0.103. The molecular formula is C29H24. The highest BCUT2D eigenvalue weighted by Gasteiger charge is 2.09. The van der Waals surface area contributed by atoms with E-state index in [1.807, 2.05) is 0 Å². The van der Waals surface area contributed by atoms with Crippen molar-refractivity contribution in [3.63, 3.8) is 0 Å². The van der Waals surface area contributed by atoms with Gasteiger partial charge in [-0.3, -0.25) is 0 Å². The van der Waals surface area contributed by atoms with Crippen LogP contribution in [0.3, 0.4) is 0 Å². The van der Waals surface area contributed by atoms with Gasteiger partial charge in [0, 0.05) is 0 Å². The zero-order valence-electron chi connectivity index (χ0n) is 16.9. The Morgan fingerprint density at radius 1 is 0.414 bits per heavy atom. The average molecular weight is 373 g/mol. The molecule has 0 heteroatoms. The molecule has 0 amide bonds. The Balaban J connectivity index is 1.68. The van der Waals surface area contributed by atoms with Gasteiger partial charge in [-0.1, -0.05) is 98.8 Å². The van der Waals surface area contributed by atoms with Crippen molar-refractivity contribution in [3.8, 4) is 22.3 Å². The zero-order chi connectivity index (χ0) is 19.8. The Morgan fingerprint density at radius 3 is 1.31 bits per heavy atom. The highest BCUT2D eigenvalue weighted by molar-refractivity contribution is 5.90. The summed E-state index contributed by atoms with van der Waals surface area (Å²) in [5, 5.41) is 5.14. The van der Waals surface area contributed by atoms with E-state index >= 15 is 0 Å². The van der Waals surface area contributed by atoms with E-state index < -0.39 is 0 Å². The first-order valence-electron chi connectivity index (χ1n) is 10.3. The predicted molar refractivity (Wildman–Crippen MR) is 126 cm³/mol. The van der Waals surface area contributed by atoms with Crippen molar-refractivity contribution >= 4 is 21.5 Å². The highest BCUT2D eigenvalue weighted by Crippen LogP contribution is 2.33. The van der Waals surface area contributed by atoms with Crippen LogP contribution in [0.2, 0.25) is 0 Å². The quantitative estimate of drug-likeness (QED) is 0.298. The molecule has 5 rings (SSSR count). The van der Waals surface area contributed by atoms with Gasteiger partial charge < -0.3 is 0 Å². The molecule has 0 nitrogen and oxygen atoms in total. The first-order chi connectivity index (χ1) is 14.2. The van der Waals surface area contributed by atoms with Crippen LogP contribution < -0.4 is 0 Å². The second kappa shape index (κ2) is 7.22. The molecule has 5 aromatic rings. The maximum Gasteiger partial charge on any atom is -0.0175 e. The lowest BCUT2D eigenvalue weighted by atomic mass is 9.91. The van der Waals surface area contributed by atoms with Gasteiger partial charge >= 0.3 is 0 Å². The molecule has 0 aliphatic carbocycles. The van der Waals surface area contributed by atoms with Crippen molar-refractivity contribution in [2.75, 3.05) is 0 Å². The summed E-state index contributed by atoms with van der Waals surface area (Å²) >= 11 is 0. The number of hydrogen-bond donors (Lipinski definition) is 0. The van der Waals surface area contributed by atoms with Crippen molar-refractivity contribution in [1.82, 2.24) is 0 Å². The molecule has 0 unspecified atom stereocenters. The van der Waals surface area contributed by atoms with E-state index in [1.54, 1.807) is 0 Å². The predicted octanol–water partition coefficient (Wildman–Crippen LogP) is 8.45. The molecule has 0 spiro atoms. The third-order valence-electron chi connectivity index (χ3n) is 5.79. The Hall–Kier alpha value is -3.38. The highest BCUT2D eigenvalue weighted by atomic mass is 14.1. The molecule has 0 heterocycles. The molecule has 0 aromatic heterocycles. The molecule has 0 radical (unpaired) electrons. The van der Waals surface area contributed by atoms with Crippen LogP contribution in [-0.2, 0) is 0 Å². The summed E-state index contributed by atoms with van der Waals surface area (Å²) in [5.74, 6) is 0.481. The van der Waals surface area contributed by atoms with Crippen LogP contribution in [0.15, 0.2) is 103 Å². The van der Waals surface area contributed by atoms with E-state index in [1.165, 1.54) is 49.4 Å². The smallest absolute Gasteiger partial charge is 0.0175 e. The fourth-order valence-corrected chi connectivity index (χ4v) is 4.06. The van der Waals surface area contributed by atoms with Crippen molar-refractivity contribution in [1.29, 1.82) is 0 Å². The van der Waals surface area contributed by atoms with Gasteiger partial charge in [-0.05, 0) is 73.5 Å². The maximum atomic E-state index is 2.35. The summed E-state index contributed by atoms with van der Waals surface area (Å²) in [7, 11) is 0. The summed E-state index contributed by atoms with van der Waals surface area (Å²) < 4.78 is 0. The van der Waals surface area contributed by atoms with Crippen LogP contribution >= 0.6 is 0 Å². The molecule has 0 atom stereocenters. The summed E-state index contributed by atoms with van der Waals surface area (Å²) in [4.78, 5) is 0. The molecule has 0 N–H and O–H groups in total. The summed E-state index contributed by atoms with van der Waals surface area (Å²) in [6.07, 6.45) is 0. The molecule has 0 saturated heterocycles.